The van der Waals surface area contributed by atoms with Crippen LogP contribution in [-0.2, 0) is 7.05 Å². The number of hydrogen-bond acceptors (Lipinski definition) is 5. The lowest BCUT2D eigenvalue weighted by molar-refractivity contribution is 0.773. The highest BCUT2D eigenvalue weighted by molar-refractivity contribution is 5.96. The van der Waals surface area contributed by atoms with Crippen molar-refractivity contribution in [2.75, 3.05) is 5.32 Å². The SMILES string of the molecule is Cc1nn(C)c2ncnc(Nc3cccc4cccnc34)c12. The van der Waals surface area contributed by atoms with Gasteiger partial charge in [-0.15, -0.1) is 0 Å². The molecular formula is C16H14N6. The monoisotopic (exact) mass is 290 g/mol. The lowest BCUT2D eigenvalue weighted by Gasteiger charge is -2.09. The Bertz CT molecular complexity index is 983. The smallest absolute Gasteiger partial charge is 0.163 e. The zero-order chi connectivity index (χ0) is 15.1. The zero-order valence-corrected chi connectivity index (χ0v) is 12.3. The normalized spacial score (nSPS) is 11.2. The number of fused-ring (bicyclic) bond motifs is 2. The lowest BCUT2D eigenvalue weighted by Crippen LogP contribution is -1.98. The first-order chi connectivity index (χ1) is 10.7. The van der Waals surface area contributed by atoms with Crippen molar-refractivity contribution < 1.29 is 0 Å². The number of aromatic nitrogens is 5. The van der Waals surface area contributed by atoms with Crippen molar-refractivity contribution in [3.05, 3.63) is 48.5 Å². The Morgan fingerprint density at radius 1 is 1.05 bits per heavy atom. The second kappa shape index (κ2) is 4.77. The van der Waals surface area contributed by atoms with Gasteiger partial charge in [-0.3, -0.25) is 9.67 Å². The molecule has 3 aromatic heterocycles. The molecule has 4 rings (SSSR count). The maximum atomic E-state index is 4.46. The van der Waals surface area contributed by atoms with Crippen LogP contribution >= 0.6 is 0 Å². The molecule has 108 valence electrons. The van der Waals surface area contributed by atoms with Gasteiger partial charge in [-0.05, 0) is 19.1 Å². The van der Waals surface area contributed by atoms with Crippen molar-refractivity contribution in [1.29, 1.82) is 0 Å². The summed E-state index contributed by atoms with van der Waals surface area (Å²) in [4.78, 5) is 13.1. The van der Waals surface area contributed by atoms with Gasteiger partial charge in [-0.1, -0.05) is 18.2 Å². The van der Waals surface area contributed by atoms with E-state index in [0.29, 0.717) is 0 Å². The van der Waals surface area contributed by atoms with Gasteiger partial charge in [0.05, 0.1) is 22.3 Å². The number of rotatable bonds is 2. The summed E-state index contributed by atoms with van der Waals surface area (Å²) < 4.78 is 1.76. The van der Waals surface area contributed by atoms with Crippen LogP contribution < -0.4 is 5.32 Å². The summed E-state index contributed by atoms with van der Waals surface area (Å²) >= 11 is 0. The first kappa shape index (κ1) is 12.7. The number of benzene rings is 1. The van der Waals surface area contributed by atoms with Crippen LogP contribution in [0.15, 0.2) is 42.9 Å². The Balaban J connectivity index is 1.90. The second-order valence-electron chi connectivity index (χ2n) is 5.14. The molecule has 0 aliphatic rings. The molecule has 0 saturated carbocycles. The van der Waals surface area contributed by atoms with Crippen LogP contribution in [0.5, 0.6) is 0 Å². The molecule has 6 heteroatoms. The van der Waals surface area contributed by atoms with Crippen LogP contribution in [0.4, 0.5) is 11.5 Å². The Morgan fingerprint density at radius 3 is 2.82 bits per heavy atom. The summed E-state index contributed by atoms with van der Waals surface area (Å²) in [5, 5.41) is 9.80. The van der Waals surface area contributed by atoms with Crippen molar-refractivity contribution >= 4 is 33.4 Å². The Labute approximate surface area is 126 Å². The van der Waals surface area contributed by atoms with Crippen LogP contribution in [0, 0.1) is 6.92 Å². The topological polar surface area (TPSA) is 68.5 Å². The summed E-state index contributed by atoms with van der Waals surface area (Å²) in [5.41, 5.74) is 3.54. The van der Waals surface area contributed by atoms with E-state index < -0.39 is 0 Å². The molecular weight excluding hydrogens is 276 g/mol. The van der Waals surface area contributed by atoms with Gasteiger partial charge in [0.1, 0.15) is 12.1 Å². The number of aryl methyl sites for hydroxylation is 2. The van der Waals surface area contributed by atoms with Crippen LogP contribution in [0.2, 0.25) is 0 Å². The van der Waals surface area contributed by atoms with Crippen molar-refractivity contribution in [3.63, 3.8) is 0 Å². The summed E-state index contributed by atoms with van der Waals surface area (Å²) in [6.45, 7) is 1.96. The molecule has 0 spiro atoms. The highest BCUT2D eigenvalue weighted by atomic mass is 15.3. The average molecular weight is 290 g/mol. The van der Waals surface area contributed by atoms with E-state index in [4.69, 9.17) is 0 Å². The second-order valence-corrected chi connectivity index (χ2v) is 5.14. The highest BCUT2D eigenvalue weighted by Gasteiger charge is 2.13. The Kier molecular flexibility index (Phi) is 2.75. The average Bonchev–Trinajstić information content (AvgIpc) is 2.83. The predicted octanol–water partition coefficient (Wildman–Crippen LogP) is 2.96. The lowest BCUT2D eigenvalue weighted by atomic mass is 10.2. The first-order valence-electron chi connectivity index (χ1n) is 6.99. The molecule has 0 bridgehead atoms. The van der Waals surface area contributed by atoms with Gasteiger partial charge in [0.15, 0.2) is 5.65 Å². The van der Waals surface area contributed by atoms with Crippen molar-refractivity contribution in [2.24, 2.45) is 7.05 Å². The third kappa shape index (κ3) is 1.88. The van der Waals surface area contributed by atoms with Gasteiger partial charge in [0.2, 0.25) is 0 Å². The zero-order valence-electron chi connectivity index (χ0n) is 12.3. The Morgan fingerprint density at radius 2 is 1.91 bits per heavy atom. The summed E-state index contributed by atoms with van der Waals surface area (Å²) in [7, 11) is 1.88. The molecule has 22 heavy (non-hydrogen) atoms. The fraction of sp³-hybridized carbons (Fsp3) is 0.125. The van der Waals surface area contributed by atoms with Crippen LogP contribution in [0.3, 0.4) is 0 Å². The molecule has 0 fully saturated rings. The van der Waals surface area contributed by atoms with Crippen LogP contribution in [-0.4, -0.2) is 24.7 Å². The Hall–Kier alpha value is -3.02. The molecule has 0 atom stereocenters. The van der Waals surface area contributed by atoms with E-state index in [1.54, 1.807) is 17.2 Å². The molecule has 1 N–H and O–H groups in total. The molecule has 0 aliphatic heterocycles. The van der Waals surface area contributed by atoms with Gasteiger partial charge in [-0.2, -0.15) is 5.10 Å². The maximum Gasteiger partial charge on any atom is 0.163 e. The van der Waals surface area contributed by atoms with Crippen LogP contribution in [0.1, 0.15) is 5.69 Å². The predicted molar refractivity (Wildman–Crippen MR) is 86.1 cm³/mol. The molecule has 0 radical (unpaired) electrons. The van der Waals surface area contributed by atoms with Gasteiger partial charge in [-0.25, -0.2) is 9.97 Å². The van der Waals surface area contributed by atoms with Crippen molar-refractivity contribution in [1.82, 2.24) is 24.7 Å². The number of nitrogens with zero attached hydrogens (tertiary/aromatic N) is 5. The van der Waals surface area contributed by atoms with Crippen molar-refractivity contribution in [2.45, 2.75) is 6.92 Å². The number of anilines is 2. The maximum absolute atomic E-state index is 4.46. The first-order valence-corrected chi connectivity index (χ1v) is 6.99. The molecule has 3 heterocycles. The largest absolute Gasteiger partial charge is 0.338 e. The molecule has 4 aromatic rings. The van der Waals surface area contributed by atoms with Crippen LogP contribution in [0.25, 0.3) is 21.9 Å². The molecule has 6 nitrogen and oxygen atoms in total. The van der Waals surface area contributed by atoms with Gasteiger partial charge in [0, 0.05) is 18.6 Å². The van der Waals surface area contributed by atoms with E-state index in [1.165, 1.54) is 0 Å². The molecule has 0 aliphatic carbocycles. The molecule has 0 saturated heterocycles. The van der Waals surface area contributed by atoms with E-state index in [0.717, 1.165) is 39.1 Å². The van der Waals surface area contributed by atoms with Gasteiger partial charge >= 0.3 is 0 Å². The van der Waals surface area contributed by atoms with Gasteiger partial charge in [0.25, 0.3) is 0 Å². The minimum Gasteiger partial charge on any atom is -0.338 e. The fourth-order valence-electron chi connectivity index (χ4n) is 2.70. The standard InChI is InChI=1S/C16H14N6/c1-10-13-15(18-9-19-16(13)22(2)21-10)20-12-7-3-5-11-6-4-8-17-14(11)12/h3-9H,1-2H3,(H,18,19,20). The number of hydrogen-bond donors (Lipinski definition) is 1. The van der Waals surface area contributed by atoms with E-state index in [1.807, 2.05) is 44.3 Å². The quantitative estimate of drug-likeness (QED) is 0.614. The third-order valence-electron chi connectivity index (χ3n) is 3.68. The minimum atomic E-state index is 0.744. The number of pyridine rings is 1. The van der Waals surface area contributed by atoms with E-state index >= 15 is 0 Å². The van der Waals surface area contributed by atoms with E-state index in [-0.39, 0.29) is 0 Å². The highest BCUT2D eigenvalue weighted by Crippen LogP contribution is 2.28. The number of para-hydroxylation sites is 1. The van der Waals surface area contributed by atoms with Crippen molar-refractivity contribution in [3.8, 4) is 0 Å². The third-order valence-corrected chi connectivity index (χ3v) is 3.68. The summed E-state index contributed by atoms with van der Waals surface area (Å²) in [5.74, 6) is 0.744. The van der Waals surface area contributed by atoms with Gasteiger partial charge < -0.3 is 5.32 Å². The fourth-order valence-corrected chi connectivity index (χ4v) is 2.70. The molecule has 0 amide bonds. The summed E-state index contributed by atoms with van der Waals surface area (Å²) in [6, 6.07) is 10.0. The van der Waals surface area contributed by atoms with E-state index in [9.17, 15) is 0 Å². The molecule has 0 unspecified atom stereocenters. The van der Waals surface area contributed by atoms with E-state index in [2.05, 4.69) is 25.4 Å². The number of nitrogens with one attached hydrogen (secondary N) is 1. The molecule has 1 aromatic carbocycles. The minimum absolute atomic E-state index is 0.744. The summed E-state index contributed by atoms with van der Waals surface area (Å²) in [6.07, 6.45) is 3.34.